The number of hydrogen-bond donors (Lipinski definition) is 1. The van der Waals surface area contributed by atoms with Gasteiger partial charge in [0.1, 0.15) is 0 Å². The zero-order valence-electron chi connectivity index (χ0n) is 9.54. The van der Waals surface area contributed by atoms with Crippen molar-refractivity contribution in [3.05, 3.63) is 29.3 Å². The van der Waals surface area contributed by atoms with Gasteiger partial charge in [0, 0.05) is 12.1 Å². The Kier molecular flexibility index (Phi) is 3.38. The van der Waals surface area contributed by atoms with Crippen LogP contribution < -0.4 is 5.14 Å². The molecule has 1 aromatic carbocycles. The van der Waals surface area contributed by atoms with Crippen LogP contribution in [0.2, 0.25) is 5.02 Å². The summed E-state index contributed by atoms with van der Waals surface area (Å²) < 4.78 is 24.1. The van der Waals surface area contributed by atoms with Crippen LogP contribution in [0.1, 0.15) is 6.92 Å². The van der Waals surface area contributed by atoms with Gasteiger partial charge >= 0.3 is 0 Å². The second-order valence-corrected chi connectivity index (χ2v) is 5.44. The Balaban J connectivity index is 2.68. The van der Waals surface area contributed by atoms with E-state index in [1.54, 1.807) is 31.2 Å². The first kappa shape index (κ1) is 13.0. The molecule has 18 heavy (non-hydrogen) atoms. The van der Waals surface area contributed by atoms with Gasteiger partial charge in [-0.15, -0.1) is 10.2 Å². The van der Waals surface area contributed by atoms with E-state index in [9.17, 15) is 8.42 Å². The Morgan fingerprint density at radius 1 is 1.33 bits per heavy atom. The van der Waals surface area contributed by atoms with E-state index in [1.807, 2.05) is 0 Å². The highest BCUT2D eigenvalue weighted by atomic mass is 35.5. The third kappa shape index (κ3) is 2.24. The molecule has 0 atom stereocenters. The normalized spacial score (nSPS) is 11.7. The summed E-state index contributed by atoms with van der Waals surface area (Å²) in [7, 11) is -3.90. The maximum absolute atomic E-state index is 11.4. The van der Waals surface area contributed by atoms with Crippen molar-refractivity contribution < 1.29 is 8.42 Å². The zero-order valence-corrected chi connectivity index (χ0v) is 11.1. The van der Waals surface area contributed by atoms with Crippen molar-refractivity contribution in [1.82, 2.24) is 14.8 Å². The van der Waals surface area contributed by atoms with Gasteiger partial charge in [0.15, 0.2) is 5.82 Å². The molecule has 0 aliphatic carbocycles. The molecule has 0 amide bonds. The minimum atomic E-state index is -3.90. The molecule has 0 radical (unpaired) electrons. The highest BCUT2D eigenvalue weighted by molar-refractivity contribution is 7.89. The third-order valence-corrected chi connectivity index (χ3v) is 3.54. The van der Waals surface area contributed by atoms with E-state index in [0.29, 0.717) is 23.0 Å². The fourth-order valence-electron chi connectivity index (χ4n) is 1.63. The Morgan fingerprint density at radius 3 is 2.56 bits per heavy atom. The van der Waals surface area contributed by atoms with Gasteiger partial charge in [-0.2, -0.15) is 0 Å². The number of rotatable bonds is 3. The molecule has 1 aromatic heterocycles. The van der Waals surface area contributed by atoms with Crippen LogP contribution in [0.4, 0.5) is 0 Å². The van der Waals surface area contributed by atoms with Crippen molar-refractivity contribution in [2.75, 3.05) is 0 Å². The number of nitrogens with zero attached hydrogens (tertiary/aromatic N) is 3. The molecule has 2 aromatic rings. The maximum atomic E-state index is 11.4. The summed E-state index contributed by atoms with van der Waals surface area (Å²) >= 11 is 6.05. The molecular weight excluding hydrogens is 276 g/mol. The van der Waals surface area contributed by atoms with Gasteiger partial charge in [-0.05, 0) is 19.1 Å². The Bertz CT molecular complexity index is 681. The van der Waals surface area contributed by atoms with Crippen molar-refractivity contribution in [2.45, 2.75) is 18.6 Å². The predicted molar refractivity (Wildman–Crippen MR) is 67.5 cm³/mol. The Labute approximate surface area is 109 Å². The maximum Gasteiger partial charge on any atom is 0.273 e. The average molecular weight is 287 g/mol. The number of halogens is 1. The molecule has 0 saturated heterocycles. The minimum Gasteiger partial charge on any atom is -0.297 e. The number of benzene rings is 1. The topological polar surface area (TPSA) is 90.9 Å². The number of sulfonamides is 1. The number of nitrogens with two attached hydrogens (primary N) is 1. The second-order valence-electron chi connectivity index (χ2n) is 3.58. The molecule has 0 bridgehead atoms. The third-order valence-electron chi connectivity index (χ3n) is 2.40. The van der Waals surface area contributed by atoms with Gasteiger partial charge in [0.05, 0.1) is 5.02 Å². The van der Waals surface area contributed by atoms with Crippen molar-refractivity contribution in [3.63, 3.8) is 0 Å². The first-order chi connectivity index (χ1) is 8.45. The highest BCUT2D eigenvalue weighted by Gasteiger charge is 2.21. The Morgan fingerprint density at radius 2 is 2.00 bits per heavy atom. The molecule has 1 heterocycles. The molecule has 96 valence electrons. The van der Waals surface area contributed by atoms with Crippen LogP contribution in [-0.4, -0.2) is 23.2 Å². The molecule has 8 heteroatoms. The summed E-state index contributed by atoms with van der Waals surface area (Å²) in [6, 6.07) is 7.00. The van der Waals surface area contributed by atoms with Crippen molar-refractivity contribution in [3.8, 4) is 11.4 Å². The van der Waals surface area contributed by atoms with Crippen LogP contribution in [0.5, 0.6) is 0 Å². The summed E-state index contributed by atoms with van der Waals surface area (Å²) in [4.78, 5) is 0. The zero-order chi connectivity index (χ0) is 13.3. The van der Waals surface area contributed by atoms with E-state index < -0.39 is 10.0 Å². The summed E-state index contributed by atoms with van der Waals surface area (Å²) in [5.41, 5.74) is 0.614. The van der Waals surface area contributed by atoms with Crippen LogP contribution in [0.25, 0.3) is 11.4 Å². The van der Waals surface area contributed by atoms with E-state index >= 15 is 0 Å². The molecule has 2 rings (SSSR count). The molecule has 6 nitrogen and oxygen atoms in total. The summed E-state index contributed by atoms with van der Waals surface area (Å²) in [6.07, 6.45) is 0. The van der Waals surface area contributed by atoms with E-state index in [1.165, 1.54) is 4.57 Å². The van der Waals surface area contributed by atoms with Gasteiger partial charge < -0.3 is 0 Å². The molecule has 2 N–H and O–H groups in total. The standard InChI is InChI=1S/C10H11ClN4O2S/c1-2-15-9(7-5-3-4-6-8(7)11)13-14-10(15)18(12,16)17/h3-6H,2H2,1H3,(H2,12,16,17). The predicted octanol–water partition coefficient (Wildman–Crippen LogP) is 1.27. The first-order valence-electron chi connectivity index (χ1n) is 5.16. The quantitative estimate of drug-likeness (QED) is 0.920. The van der Waals surface area contributed by atoms with Crippen LogP contribution in [0.3, 0.4) is 0 Å². The molecule has 0 unspecified atom stereocenters. The number of hydrogen-bond acceptors (Lipinski definition) is 4. The molecule has 0 spiro atoms. The van der Waals surface area contributed by atoms with Gasteiger partial charge in [0.25, 0.3) is 15.2 Å². The van der Waals surface area contributed by atoms with Crippen LogP contribution in [0.15, 0.2) is 29.4 Å². The monoisotopic (exact) mass is 286 g/mol. The van der Waals surface area contributed by atoms with Crippen molar-refractivity contribution in [1.29, 1.82) is 0 Å². The minimum absolute atomic E-state index is 0.264. The molecule has 0 aliphatic heterocycles. The smallest absolute Gasteiger partial charge is 0.273 e. The number of primary sulfonamides is 1. The Hall–Kier alpha value is -1.44. The first-order valence-corrected chi connectivity index (χ1v) is 7.08. The molecule has 0 saturated carbocycles. The second kappa shape index (κ2) is 4.68. The summed E-state index contributed by atoms with van der Waals surface area (Å²) in [5, 5.41) is 12.8. The van der Waals surface area contributed by atoms with E-state index in [0.717, 1.165) is 0 Å². The molecule has 0 aliphatic rings. The lowest BCUT2D eigenvalue weighted by atomic mass is 10.2. The van der Waals surface area contributed by atoms with E-state index in [2.05, 4.69) is 10.2 Å². The average Bonchev–Trinajstić information content (AvgIpc) is 2.72. The fourth-order valence-corrected chi connectivity index (χ4v) is 2.52. The van der Waals surface area contributed by atoms with Crippen LogP contribution in [-0.2, 0) is 16.6 Å². The van der Waals surface area contributed by atoms with Crippen molar-refractivity contribution in [2.24, 2.45) is 5.14 Å². The van der Waals surface area contributed by atoms with Gasteiger partial charge in [-0.3, -0.25) is 4.57 Å². The van der Waals surface area contributed by atoms with Crippen LogP contribution >= 0.6 is 11.6 Å². The van der Waals surface area contributed by atoms with Crippen LogP contribution in [0, 0.1) is 0 Å². The molecular formula is C10H11ClN4O2S. The summed E-state index contributed by atoms with van der Waals surface area (Å²) in [5.74, 6) is 0.382. The van der Waals surface area contributed by atoms with E-state index in [-0.39, 0.29) is 5.16 Å². The SMILES string of the molecule is CCn1c(-c2ccccc2Cl)nnc1S(N)(=O)=O. The molecule has 0 fully saturated rings. The van der Waals surface area contributed by atoms with Gasteiger partial charge in [-0.25, -0.2) is 13.6 Å². The van der Waals surface area contributed by atoms with Gasteiger partial charge in [-0.1, -0.05) is 23.7 Å². The lowest BCUT2D eigenvalue weighted by molar-refractivity contribution is 0.571. The number of aromatic nitrogens is 3. The lowest BCUT2D eigenvalue weighted by Gasteiger charge is -2.07. The summed E-state index contributed by atoms with van der Waals surface area (Å²) in [6.45, 7) is 2.15. The van der Waals surface area contributed by atoms with E-state index in [4.69, 9.17) is 16.7 Å². The highest BCUT2D eigenvalue weighted by Crippen LogP contribution is 2.27. The van der Waals surface area contributed by atoms with Gasteiger partial charge in [0.2, 0.25) is 0 Å². The fraction of sp³-hybridized carbons (Fsp3) is 0.200. The van der Waals surface area contributed by atoms with Crippen molar-refractivity contribution >= 4 is 21.6 Å². The lowest BCUT2D eigenvalue weighted by Crippen LogP contribution is -2.18. The largest absolute Gasteiger partial charge is 0.297 e.